The maximum absolute atomic E-state index is 5.65. The van der Waals surface area contributed by atoms with Crippen molar-refractivity contribution in [2.45, 2.75) is 33.6 Å². The van der Waals surface area contributed by atoms with Gasteiger partial charge in [-0.1, -0.05) is 39.3 Å². The summed E-state index contributed by atoms with van der Waals surface area (Å²) in [6, 6.07) is 3.82. The summed E-state index contributed by atoms with van der Waals surface area (Å²) in [5.41, 5.74) is 1.09. The Kier molecular flexibility index (Phi) is 5.73. The highest BCUT2D eigenvalue weighted by Gasteiger charge is 1.97. The molecule has 0 amide bonds. The van der Waals surface area contributed by atoms with E-state index >= 15 is 0 Å². The van der Waals surface area contributed by atoms with Crippen molar-refractivity contribution in [1.29, 1.82) is 0 Å². The van der Waals surface area contributed by atoms with Crippen molar-refractivity contribution in [3.63, 3.8) is 0 Å². The molecule has 0 aliphatic carbocycles. The molecular formula is C10H16ClN. The molecular weight excluding hydrogens is 170 g/mol. The summed E-state index contributed by atoms with van der Waals surface area (Å²) < 4.78 is 0. The summed E-state index contributed by atoms with van der Waals surface area (Å²) in [5.74, 6) is 0.484. The molecule has 0 saturated heterocycles. The van der Waals surface area contributed by atoms with Gasteiger partial charge >= 0.3 is 0 Å². The van der Waals surface area contributed by atoms with Crippen LogP contribution in [0.2, 0.25) is 5.02 Å². The zero-order chi connectivity index (χ0) is 9.56. The summed E-state index contributed by atoms with van der Waals surface area (Å²) in [7, 11) is 0. The molecule has 0 fully saturated rings. The molecule has 0 spiro atoms. The fourth-order valence-corrected chi connectivity index (χ4v) is 0.841. The van der Waals surface area contributed by atoms with Crippen molar-refractivity contribution in [2.75, 3.05) is 0 Å². The third-order valence-corrected chi connectivity index (χ3v) is 1.57. The second kappa shape index (κ2) is 6.01. The molecule has 12 heavy (non-hydrogen) atoms. The first-order valence-corrected chi connectivity index (χ1v) is 4.69. The van der Waals surface area contributed by atoms with Crippen LogP contribution in [0.15, 0.2) is 18.3 Å². The highest BCUT2D eigenvalue weighted by molar-refractivity contribution is 6.30. The van der Waals surface area contributed by atoms with E-state index in [1.807, 2.05) is 26.0 Å². The van der Waals surface area contributed by atoms with Gasteiger partial charge in [-0.05, 0) is 18.1 Å². The van der Waals surface area contributed by atoms with Crippen molar-refractivity contribution in [3.8, 4) is 0 Å². The van der Waals surface area contributed by atoms with Crippen LogP contribution in [0.5, 0.6) is 0 Å². The van der Waals surface area contributed by atoms with E-state index in [-0.39, 0.29) is 0 Å². The second-order valence-electron chi connectivity index (χ2n) is 2.56. The molecule has 0 N–H and O–H groups in total. The largest absolute Gasteiger partial charge is 0.259 e. The van der Waals surface area contributed by atoms with Gasteiger partial charge in [-0.25, -0.2) is 0 Å². The standard InChI is InChI=1S/C8H10ClN.C2H6/c1-6(2)8-4-3-7(9)5-10-8;1-2/h3-6H,1-2H3;1-2H3. The number of aromatic nitrogens is 1. The lowest BCUT2D eigenvalue weighted by atomic mass is 10.1. The van der Waals surface area contributed by atoms with Crippen molar-refractivity contribution in [2.24, 2.45) is 0 Å². The molecule has 2 heteroatoms. The van der Waals surface area contributed by atoms with Crippen LogP contribution in [0.25, 0.3) is 0 Å². The average Bonchev–Trinajstić information content (AvgIpc) is 2.09. The lowest BCUT2D eigenvalue weighted by molar-refractivity contribution is 0.823. The predicted molar refractivity (Wildman–Crippen MR) is 54.7 cm³/mol. The molecule has 1 rings (SSSR count). The van der Waals surface area contributed by atoms with E-state index in [0.29, 0.717) is 10.9 Å². The van der Waals surface area contributed by atoms with E-state index in [4.69, 9.17) is 11.6 Å². The van der Waals surface area contributed by atoms with Crippen LogP contribution in [0.4, 0.5) is 0 Å². The molecule has 0 unspecified atom stereocenters. The Morgan fingerprint density at radius 1 is 1.25 bits per heavy atom. The monoisotopic (exact) mass is 185 g/mol. The number of pyridine rings is 1. The zero-order valence-corrected chi connectivity index (χ0v) is 8.89. The molecule has 1 heterocycles. The van der Waals surface area contributed by atoms with Gasteiger partial charge in [-0.3, -0.25) is 4.98 Å². The van der Waals surface area contributed by atoms with E-state index in [2.05, 4.69) is 18.8 Å². The molecule has 0 bridgehead atoms. The Morgan fingerprint density at radius 3 is 2.17 bits per heavy atom. The number of nitrogens with zero attached hydrogens (tertiary/aromatic N) is 1. The first kappa shape index (κ1) is 11.4. The molecule has 0 aromatic carbocycles. The molecule has 0 saturated carbocycles. The smallest absolute Gasteiger partial charge is 0.0589 e. The molecule has 1 nitrogen and oxygen atoms in total. The third-order valence-electron chi connectivity index (χ3n) is 1.34. The molecule has 0 aliphatic heterocycles. The second-order valence-corrected chi connectivity index (χ2v) is 2.99. The van der Waals surface area contributed by atoms with Gasteiger partial charge in [-0.2, -0.15) is 0 Å². The Bertz CT molecular complexity index is 204. The van der Waals surface area contributed by atoms with Gasteiger partial charge in [0.1, 0.15) is 0 Å². The number of halogens is 1. The van der Waals surface area contributed by atoms with Crippen LogP contribution < -0.4 is 0 Å². The third kappa shape index (κ3) is 3.72. The summed E-state index contributed by atoms with van der Waals surface area (Å²) in [4.78, 5) is 4.15. The minimum atomic E-state index is 0.484. The minimum absolute atomic E-state index is 0.484. The Morgan fingerprint density at radius 2 is 1.83 bits per heavy atom. The first-order chi connectivity index (χ1) is 5.70. The molecule has 1 aromatic heterocycles. The van der Waals surface area contributed by atoms with Gasteiger partial charge in [0.05, 0.1) is 5.02 Å². The molecule has 0 atom stereocenters. The van der Waals surface area contributed by atoms with Gasteiger partial charge < -0.3 is 0 Å². The molecule has 68 valence electrons. The van der Waals surface area contributed by atoms with Crippen LogP contribution in [-0.4, -0.2) is 4.98 Å². The van der Waals surface area contributed by atoms with Crippen molar-refractivity contribution < 1.29 is 0 Å². The van der Waals surface area contributed by atoms with Crippen LogP contribution >= 0.6 is 11.6 Å². The van der Waals surface area contributed by atoms with E-state index in [0.717, 1.165) is 5.69 Å². The Balaban J connectivity index is 0.000000561. The van der Waals surface area contributed by atoms with E-state index in [1.54, 1.807) is 6.20 Å². The Labute approximate surface area is 79.8 Å². The maximum atomic E-state index is 5.65. The van der Waals surface area contributed by atoms with Gasteiger partial charge in [0.15, 0.2) is 0 Å². The molecule has 0 radical (unpaired) electrons. The minimum Gasteiger partial charge on any atom is -0.259 e. The first-order valence-electron chi connectivity index (χ1n) is 4.31. The van der Waals surface area contributed by atoms with Gasteiger partial charge in [0.2, 0.25) is 0 Å². The molecule has 0 aliphatic rings. The fraction of sp³-hybridized carbons (Fsp3) is 0.500. The lowest BCUT2D eigenvalue weighted by Crippen LogP contribution is -1.89. The molecule has 1 aromatic rings. The zero-order valence-electron chi connectivity index (χ0n) is 8.13. The van der Waals surface area contributed by atoms with Crippen molar-refractivity contribution in [1.82, 2.24) is 4.98 Å². The van der Waals surface area contributed by atoms with E-state index < -0.39 is 0 Å². The van der Waals surface area contributed by atoms with Crippen LogP contribution in [0.3, 0.4) is 0 Å². The number of hydrogen-bond acceptors (Lipinski definition) is 1. The topological polar surface area (TPSA) is 12.9 Å². The summed E-state index contributed by atoms with van der Waals surface area (Å²) in [6.07, 6.45) is 1.68. The van der Waals surface area contributed by atoms with Gasteiger partial charge in [0.25, 0.3) is 0 Å². The van der Waals surface area contributed by atoms with Crippen molar-refractivity contribution >= 4 is 11.6 Å². The van der Waals surface area contributed by atoms with Gasteiger partial charge in [-0.15, -0.1) is 0 Å². The van der Waals surface area contributed by atoms with Gasteiger partial charge in [0, 0.05) is 11.9 Å². The summed E-state index contributed by atoms with van der Waals surface area (Å²) in [5, 5.41) is 0.699. The summed E-state index contributed by atoms with van der Waals surface area (Å²) >= 11 is 5.65. The highest BCUT2D eigenvalue weighted by atomic mass is 35.5. The summed E-state index contributed by atoms with van der Waals surface area (Å²) in [6.45, 7) is 8.21. The van der Waals surface area contributed by atoms with Crippen LogP contribution in [0.1, 0.15) is 39.3 Å². The Hall–Kier alpha value is -0.560. The van der Waals surface area contributed by atoms with Crippen molar-refractivity contribution in [3.05, 3.63) is 29.0 Å². The lowest BCUT2D eigenvalue weighted by Gasteiger charge is -2.01. The average molecular weight is 186 g/mol. The highest BCUT2D eigenvalue weighted by Crippen LogP contribution is 2.13. The number of hydrogen-bond donors (Lipinski definition) is 0. The van der Waals surface area contributed by atoms with E-state index in [1.165, 1.54) is 0 Å². The quantitative estimate of drug-likeness (QED) is 0.647. The normalized spacial score (nSPS) is 9.17. The maximum Gasteiger partial charge on any atom is 0.0589 e. The SMILES string of the molecule is CC.CC(C)c1ccc(Cl)cn1. The predicted octanol–water partition coefficient (Wildman–Crippen LogP) is 3.88. The fourth-order valence-electron chi connectivity index (χ4n) is 0.729. The van der Waals surface area contributed by atoms with Crippen LogP contribution in [-0.2, 0) is 0 Å². The van der Waals surface area contributed by atoms with Crippen LogP contribution in [0, 0.1) is 0 Å². The van der Waals surface area contributed by atoms with E-state index in [9.17, 15) is 0 Å². The number of rotatable bonds is 1.